The van der Waals surface area contributed by atoms with Gasteiger partial charge in [0.15, 0.2) is 0 Å². The highest BCUT2D eigenvalue weighted by atomic mass is 16.5. The van der Waals surface area contributed by atoms with E-state index in [0.717, 1.165) is 30.2 Å². The average molecular weight is 450 g/mol. The van der Waals surface area contributed by atoms with Crippen molar-refractivity contribution in [3.8, 4) is 0 Å². The lowest BCUT2D eigenvalue weighted by atomic mass is 9.61. The maximum absolute atomic E-state index is 9.79. The second-order valence-corrected chi connectivity index (χ2v) is 12.3. The molecule has 0 aromatic heterocycles. The summed E-state index contributed by atoms with van der Waals surface area (Å²) in [5.41, 5.74) is 0.514. The molecule has 190 valence electrons. The first kappa shape index (κ1) is 28.2. The predicted octanol–water partition coefficient (Wildman–Crippen LogP) is 9.65. The Bertz CT molecular complexity index is 464. The van der Waals surface area contributed by atoms with E-state index in [1.807, 2.05) is 7.05 Å². The molecule has 2 aliphatic rings. The van der Waals surface area contributed by atoms with Gasteiger partial charge < -0.3 is 5.21 Å². The Kier molecular flexibility index (Phi) is 13.9. The van der Waals surface area contributed by atoms with Gasteiger partial charge in [-0.1, -0.05) is 124 Å². The topological polar surface area (TPSA) is 23.5 Å². The molecule has 0 saturated heterocycles. The highest BCUT2D eigenvalue weighted by Gasteiger charge is 2.38. The van der Waals surface area contributed by atoms with Crippen LogP contribution in [-0.4, -0.2) is 23.9 Å². The van der Waals surface area contributed by atoms with Gasteiger partial charge in [-0.15, -0.1) is 0 Å². The first-order valence-corrected chi connectivity index (χ1v) is 14.8. The maximum atomic E-state index is 9.79. The van der Waals surface area contributed by atoms with Gasteiger partial charge in [-0.05, 0) is 54.8 Å². The molecular weight excluding hydrogens is 390 g/mol. The van der Waals surface area contributed by atoms with Gasteiger partial charge in [0.1, 0.15) is 0 Å². The molecule has 5 atom stereocenters. The molecule has 32 heavy (non-hydrogen) atoms. The van der Waals surface area contributed by atoms with Crippen molar-refractivity contribution in [3.63, 3.8) is 0 Å². The number of nitrogens with zero attached hydrogens (tertiary/aromatic N) is 1. The lowest BCUT2D eigenvalue weighted by molar-refractivity contribution is -0.0693. The summed E-state index contributed by atoms with van der Waals surface area (Å²) in [5, 5.41) is 11.2. The van der Waals surface area contributed by atoms with Crippen LogP contribution in [0.4, 0.5) is 0 Å². The van der Waals surface area contributed by atoms with Gasteiger partial charge in [-0.3, -0.25) is 0 Å². The van der Waals surface area contributed by atoms with E-state index in [1.165, 1.54) is 133 Å². The molecule has 0 aromatic rings. The van der Waals surface area contributed by atoms with E-state index in [-0.39, 0.29) is 0 Å². The second kappa shape index (κ2) is 15.8. The standard InChI is InChI=1S/C30H59NO/c1-5-17-28-19-14-10-8-12-16-22-30(3,25-28)26(2)29-20-15-11-7-6-9-13-18-27(24-29)21-23-31(4)32/h26-29,32H,5-25H2,1-4H3. The van der Waals surface area contributed by atoms with E-state index in [9.17, 15) is 5.21 Å². The molecule has 2 saturated carbocycles. The number of hydrogen-bond acceptors (Lipinski definition) is 2. The van der Waals surface area contributed by atoms with Gasteiger partial charge >= 0.3 is 0 Å². The van der Waals surface area contributed by atoms with Crippen LogP contribution in [0.25, 0.3) is 0 Å². The smallest absolute Gasteiger partial charge is 0.0237 e. The van der Waals surface area contributed by atoms with Crippen molar-refractivity contribution in [2.75, 3.05) is 13.6 Å². The third-order valence-corrected chi connectivity index (χ3v) is 9.55. The highest BCUT2D eigenvalue weighted by Crippen LogP contribution is 2.48. The Morgan fingerprint density at radius 2 is 1.38 bits per heavy atom. The Morgan fingerprint density at radius 3 is 2.00 bits per heavy atom. The normalized spacial score (nSPS) is 33.4. The second-order valence-electron chi connectivity index (χ2n) is 12.3. The molecule has 0 aromatic carbocycles. The zero-order valence-corrected chi connectivity index (χ0v) is 22.6. The summed E-state index contributed by atoms with van der Waals surface area (Å²) in [4.78, 5) is 0. The first-order valence-electron chi connectivity index (χ1n) is 14.8. The van der Waals surface area contributed by atoms with Gasteiger partial charge in [0.25, 0.3) is 0 Å². The first-order chi connectivity index (χ1) is 15.4. The van der Waals surface area contributed by atoms with Crippen molar-refractivity contribution >= 4 is 0 Å². The van der Waals surface area contributed by atoms with Crippen molar-refractivity contribution < 1.29 is 5.21 Å². The molecule has 2 heteroatoms. The lowest BCUT2D eigenvalue weighted by Crippen LogP contribution is -2.35. The molecule has 2 aliphatic carbocycles. The molecule has 2 rings (SSSR count). The van der Waals surface area contributed by atoms with Crippen LogP contribution in [0.1, 0.15) is 149 Å². The molecule has 0 aliphatic heterocycles. The van der Waals surface area contributed by atoms with E-state index in [2.05, 4.69) is 20.8 Å². The molecule has 0 amide bonds. The lowest BCUT2D eigenvalue weighted by Gasteiger charge is -2.44. The van der Waals surface area contributed by atoms with Crippen molar-refractivity contribution in [1.29, 1.82) is 0 Å². The summed E-state index contributed by atoms with van der Waals surface area (Å²) in [7, 11) is 1.82. The van der Waals surface area contributed by atoms with Gasteiger partial charge in [-0.25, -0.2) is 0 Å². The zero-order valence-electron chi connectivity index (χ0n) is 22.6. The van der Waals surface area contributed by atoms with E-state index >= 15 is 0 Å². The zero-order chi connectivity index (χ0) is 23.2. The predicted molar refractivity (Wildman–Crippen MR) is 140 cm³/mol. The fourth-order valence-electron chi connectivity index (χ4n) is 7.29. The third kappa shape index (κ3) is 10.5. The minimum atomic E-state index is 0.514. The van der Waals surface area contributed by atoms with Gasteiger partial charge in [-0.2, -0.15) is 5.06 Å². The largest absolute Gasteiger partial charge is 0.314 e. The summed E-state index contributed by atoms with van der Waals surface area (Å²) in [6, 6.07) is 0. The van der Waals surface area contributed by atoms with Crippen LogP contribution in [-0.2, 0) is 0 Å². The minimum absolute atomic E-state index is 0.514. The Labute approximate surface area is 202 Å². The van der Waals surface area contributed by atoms with E-state index in [1.54, 1.807) is 0 Å². The monoisotopic (exact) mass is 449 g/mol. The molecule has 2 fully saturated rings. The van der Waals surface area contributed by atoms with Gasteiger partial charge in [0, 0.05) is 13.6 Å². The Morgan fingerprint density at radius 1 is 0.812 bits per heavy atom. The van der Waals surface area contributed by atoms with Gasteiger partial charge in [0.2, 0.25) is 0 Å². The molecule has 5 unspecified atom stereocenters. The van der Waals surface area contributed by atoms with Crippen molar-refractivity contribution in [2.45, 2.75) is 149 Å². The Balaban J connectivity index is 2.16. The summed E-state index contributed by atoms with van der Waals surface area (Å²) < 4.78 is 0. The van der Waals surface area contributed by atoms with Crippen molar-refractivity contribution in [3.05, 3.63) is 0 Å². The summed E-state index contributed by atoms with van der Waals surface area (Å²) in [5.74, 6) is 3.45. The molecular formula is C30H59NO. The molecule has 1 N–H and O–H groups in total. The third-order valence-electron chi connectivity index (χ3n) is 9.55. The summed E-state index contributed by atoms with van der Waals surface area (Å²) in [6.45, 7) is 8.59. The van der Waals surface area contributed by atoms with Crippen LogP contribution >= 0.6 is 0 Å². The number of hydroxylamine groups is 2. The fourth-order valence-corrected chi connectivity index (χ4v) is 7.29. The Hall–Kier alpha value is -0.0800. The SMILES string of the molecule is CCCC1CCCCCCCC(C)(C(C)C2CCCCCCCCC(CCN(C)O)C2)C1. The summed E-state index contributed by atoms with van der Waals surface area (Å²) in [6.07, 6.45) is 28.5. The van der Waals surface area contributed by atoms with Crippen LogP contribution in [0.3, 0.4) is 0 Å². The van der Waals surface area contributed by atoms with Crippen molar-refractivity contribution in [2.24, 2.45) is 29.1 Å². The molecule has 0 spiro atoms. The van der Waals surface area contributed by atoms with Crippen LogP contribution in [0.5, 0.6) is 0 Å². The van der Waals surface area contributed by atoms with Crippen LogP contribution in [0.2, 0.25) is 0 Å². The number of rotatable bonds is 7. The van der Waals surface area contributed by atoms with E-state index in [4.69, 9.17) is 0 Å². The van der Waals surface area contributed by atoms with E-state index in [0.29, 0.717) is 5.41 Å². The maximum Gasteiger partial charge on any atom is 0.0237 e. The molecule has 2 nitrogen and oxygen atoms in total. The minimum Gasteiger partial charge on any atom is -0.314 e. The molecule has 0 heterocycles. The van der Waals surface area contributed by atoms with Crippen LogP contribution < -0.4 is 0 Å². The quantitative estimate of drug-likeness (QED) is 0.391. The average Bonchev–Trinajstić information content (AvgIpc) is 2.81. The molecule has 0 bridgehead atoms. The van der Waals surface area contributed by atoms with Crippen molar-refractivity contribution in [1.82, 2.24) is 5.06 Å². The molecule has 0 radical (unpaired) electrons. The fraction of sp³-hybridized carbons (Fsp3) is 1.00. The highest BCUT2D eigenvalue weighted by molar-refractivity contribution is 4.88. The van der Waals surface area contributed by atoms with Crippen LogP contribution in [0.15, 0.2) is 0 Å². The van der Waals surface area contributed by atoms with Gasteiger partial charge in [0.05, 0.1) is 0 Å². The van der Waals surface area contributed by atoms with Crippen LogP contribution in [0, 0.1) is 29.1 Å². The number of hydrogen-bond donors (Lipinski definition) is 1. The van der Waals surface area contributed by atoms with E-state index < -0.39 is 0 Å². The summed E-state index contributed by atoms with van der Waals surface area (Å²) >= 11 is 0.